The van der Waals surface area contributed by atoms with Crippen molar-refractivity contribution in [3.05, 3.63) is 78.6 Å². The van der Waals surface area contributed by atoms with Crippen molar-refractivity contribution in [1.82, 2.24) is 10.3 Å². The maximum absolute atomic E-state index is 12.5. The Balaban J connectivity index is 1.56. The van der Waals surface area contributed by atoms with Gasteiger partial charge in [-0.3, -0.25) is 4.98 Å². The van der Waals surface area contributed by atoms with Gasteiger partial charge in [0.25, 0.3) is 0 Å². The number of urea groups is 1. The van der Waals surface area contributed by atoms with Crippen LogP contribution in [0.4, 0.5) is 29.3 Å². The van der Waals surface area contributed by atoms with Gasteiger partial charge in [-0.2, -0.15) is 0 Å². The van der Waals surface area contributed by atoms with Gasteiger partial charge < -0.3 is 19.9 Å². The highest BCUT2D eigenvalue weighted by molar-refractivity contribution is 7.92. The van der Waals surface area contributed by atoms with Crippen LogP contribution in [0.3, 0.4) is 0 Å². The fraction of sp³-hybridized carbons (Fsp3) is 0.100. The van der Waals surface area contributed by atoms with Crippen molar-refractivity contribution in [2.75, 3.05) is 10.0 Å². The quantitative estimate of drug-likeness (QED) is 0.463. The fourth-order valence-corrected chi connectivity index (χ4v) is 3.41. The molecule has 2 aromatic carbocycles. The number of pyridine rings is 1. The lowest BCUT2D eigenvalue weighted by Crippen LogP contribution is -2.28. The summed E-state index contributed by atoms with van der Waals surface area (Å²) < 4.78 is 56.6. The Hall–Kier alpha value is -3.44. The molecule has 162 valence electrons. The van der Waals surface area contributed by atoms with Crippen LogP contribution in [0.25, 0.3) is 0 Å². The molecule has 7 nitrogen and oxygen atoms in total. The molecule has 0 fully saturated rings. The van der Waals surface area contributed by atoms with E-state index in [-0.39, 0.29) is 4.90 Å². The van der Waals surface area contributed by atoms with E-state index in [1.165, 1.54) is 30.3 Å². The van der Waals surface area contributed by atoms with Crippen molar-refractivity contribution in [2.45, 2.75) is 17.8 Å². The van der Waals surface area contributed by atoms with Crippen molar-refractivity contribution in [3.8, 4) is 5.75 Å². The summed E-state index contributed by atoms with van der Waals surface area (Å²) in [6.45, 7) is 0.303. The predicted molar refractivity (Wildman–Crippen MR) is 110 cm³/mol. The second kappa shape index (κ2) is 10.0. The summed E-state index contributed by atoms with van der Waals surface area (Å²) in [6, 6.07) is 14.5. The molecule has 0 saturated carbocycles. The number of anilines is 2. The van der Waals surface area contributed by atoms with Crippen LogP contribution in [0.5, 0.6) is 5.75 Å². The van der Waals surface area contributed by atoms with Gasteiger partial charge in [-0.25, -0.2) is 9.52 Å². The monoisotopic (exact) mass is 450 g/mol. The summed E-state index contributed by atoms with van der Waals surface area (Å²) in [5, 5.41) is 5.32. The standard InChI is InChI=1S/C20H17F3N4O3S/c21-20(22,23)30-17-5-1-2-6-18(17)31(29)27-16-9-7-15(8-10-16)26-19(28)25-13-14-4-3-11-24-12-14/h1-12,27H,13H2,(H2,25,26,28). The largest absolute Gasteiger partial charge is 0.588 e. The number of nitrogens with zero attached hydrogens (tertiary/aromatic N) is 1. The topological polar surface area (TPSA) is 98.3 Å². The van der Waals surface area contributed by atoms with Crippen LogP contribution in [0.2, 0.25) is 0 Å². The average molecular weight is 450 g/mol. The summed E-state index contributed by atoms with van der Waals surface area (Å²) in [7, 11) is 0. The van der Waals surface area contributed by atoms with Gasteiger partial charge in [0.2, 0.25) is 4.90 Å². The van der Waals surface area contributed by atoms with E-state index in [4.69, 9.17) is 0 Å². The van der Waals surface area contributed by atoms with Crippen molar-refractivity contribution in [1.29, 1.82) is 0 Å². The number of amides is 2. The van der Waals surface area contributed by atoms with Gasteiger partial charge in [0.15, 0.2) is 5.75 Å². The lowest BCUT2D eigenvalue weighted by atomic mass is 10.3. The molecule has 1 unspecified atom stereocenters. The Bertz CT molecular complexity index is 1000. The molecule has 0 aliphatic carbocycles. The number of para-hydroxylation sites is 1. The Morgan fingerprint density at radius 1 is 1.03 bits per heavy atom. The van der Waals surface area contributed by atoms with Crippen molar-refractivity contribution >= 4 is 28.8 Å². The van der Waals surface area contributed by atoms with E-state index >= 15 is 0 Å². The van der Waals surface area contributed by atoms with Gasteiger partial charge in [-0.15, -0.1) is 13.2 Å². The van der Waals surface area contributed by atoms with E-state index < -0.39 is 29.5 Å². The third-order valence-electron chi connectivity index (χ3n) is 3.80. The number of carbonyl (C=O) groups is 1. The third kappa shape index (κ3) is 7.08. The van der Waals surface area contributed by atoms with Crippen LogP contribution in [0.15, 0.2) is 78.0 Å². The summed E-state index contributed by atoms with van der Waals surface area (Å²) >= 11 is -2.00. The molecule has 0 aliphatic heterocycles. The molecular weight excluding hydrogens is 433 g/mol. The van der Waals surface area contributed by atoms with Gasteiger partial charge in [0.05, 0.1) is 5.69 Å². The highest BCUT2D eigenvalue weighted by atomic mass is 32.2. The summed E-state index contributed by atoms with van der Waals surface area (Å²) in [6.07, 6.45) is -1.63. The Morgan fingerprint density at radius 2 is 1.74 bits per heavy atom. The molecule has 3 aromatic rings. The van der Waals surface area contributed by atoms with Crippen molar-refractivity contribution in [2.24, 2.45) is 0 Å². The van der Waals surface area contributed by atoms with Crippen LogP contribution >= 0.6 is 0 Å². The average Bonchev–Trinajstić information content (AvgIpc) is 2.73. The zero-order valence-electron chi connectivity index (χ0n) is 15.8. The first-order valence-corrected chi connectivity index (χ1v) is 10.0. The normalized spacial score (nSPS) is 12.0. The van der Waals surface area contributed by atoms with Crippen LogP contribution in [-0.4, -0.2) is 21.9 Å². The number of nitrogens with one attached hydrogen (secondary N) is 3. The van der Waals surface area contributed by atoms with Crippen LogP contribution in [0.1, 0.15) is 5.56 Å². The molecule has 0 aliphatic rings. The number of carbonyl (C=O) groups excluding carboxylic acids is 1. The highest BCUT2D eigenvalue weighted by Gasteiger charge is 2.34. The van der Waals surface area contributed by atoms with Crippen LogP contribution < -0.4 is 20.1 Å². The first kappa shape index (κ1) is 22.2. The van der Waals surface area contributed by atoms with Gasteiger partial charge >= 0.3 is 12.4 Å². The lowest BCUT2D eigenvalue weighted by molar-refractivity contribution is -0.275. The van der Waals surface area contributed by atoms with E-state index in [1.807, 2.05) is 6.07 Å². The molecule has 11 heteroatoms. The maximum Gasteiger partial charge on any atom is 0.573 e. The minimum atomic E-state index is -4.90. The van der Waals surface area contributed by atoms with E-state index in [9.17, 15) is 22.5 Å². The van der Waals surface area contributed by atoms with E-state index in [2.05, 4.69) is 25.1 Å². The molecule has 3 rings (SSSR count). The van der Waals surface area contributed by atoms with E-state index in [0.29, 0.717) is 17.9 Å². The molecule has 1 aromatic heterocycles. The number of aromatic nitrogens is 1. The summed E-state index contributed by atoms with van der Waals surface area (Å²) in [5.41, 5.74) is 1.69. The molecule has 31 heavy (non-hydrogen) atoms. The minimum absolute atomic E-state index is 0.156. The Labute approximate surface area is 179 Å². The van der Waals surface area contributed by atoms with Crippen molar-refractivity contribution < 1.29 is 27.3 Å². The first-order chi connectivity index (χ1) is 14.8. The number of rotatable bonds is 7. The number of ether oxygens (including phenoxy) is 1. The zero-order valence-corrected chi connectivity index (χ0v) is 16.7. The SMILES string of the molecule is O=C(NCc1cccnc1)Nc1ccc(N[S+]([O-])c2ccccc2OC(F)(F)F)cc1. The molecule has 0 spiro atoms. The van der Waals surface area contributed by atoms with Gasteiger partial charge in [0.1, 0.15) is 11.4 Å². The number of hydrogen-bond acceptors (Lipinski definition) is 5. The van der Waals surface area contributed by atoms with Gasteiger partial charge in [-0.05, 0) is 48.0 Å². The molecule has 1 heterocycles. The number of alkyl halides is 3. The molecule has 0 radical (unpaired) electrons. The van der Waals surface area contributed by atoms with Crippen molar-refractivity contribution in [3.63, 3.8) is 0 Å². The smallest absolute Gasteiger partial charge is 0.573 e. The van der Waals surface area contributed by atoms with Gasteiger partial charge in [0, 0.05) is 24.6 Å². The zero-order chi connectivity index (χ0) is 22.3. The lowest BCUT2D eigenvalue weighted by Gasteiger charge is -2.16. The molecule has 3 N–H and O–H groups in total. The molecule has 1 atom stereocenters. The first-order valence-electron chi connectivity index (χ1n) is 8.87. The fourth-order valence-electron chi connectivity index (χ4n) is 2.46. The molecular formula is C20H17F3N4O3S. The number of benzene rings is 2. The predicted octanol–water partition coefficient (Wildman–Crippen LogP) is 4.44. The summed E-state index contributed by atoms with van der Waals surface area (Å²) in [5.74, 6) is -0.551. The number of halogens is 3. The van der Waals surface area contributed by atoms with Gasteiger partial charge in [-0.1, -0.05) is 18.2 Å². The maximum atomic E-state index is 12.5. The second-order valence-electron chi connectivity index (χ2n) is 6.11. The van der Waals surface area contributed by atoms with Crippen LogP contribution in [0, 0.1) is 0 Å². The second-order valence-corrected chi connectivity index (χ2v) is 7.29. The molecule has 2 amide bonds. The Morgan fingerprint density at radius 3 is 2.42 bits per heavy atom. The van der Waals surface area contributed by atoms with E-state index in [0.717, 1.165) is 11.6 Å². The van der Waals surface area contributed by atoms with E-state index in [1.54, 1.807) is 30.6 Å². The Kier molecular flexibility index (Phi) is 7.21. The molecule has 0 bridgehead atoms. The highest BCUT2D eigenvalue weighted by Crippen LogP contribution is 2.30. The van der Waals surface area contributed by atoms with Crippen LogP contribution in [-0.2, 0) is 17.9 Å². The third-order valence-corrected chi connectivity index (χ3v) is 4.96. The molecule has 0 saturated heterocycles. The number of hydrogen-bond donors (Lipinski definition) is 3. The minimum Gasteiger partial charge on any atom is -0.588 e. The summed E-state index contributed by atoms with van der Waals surface area (Å²) in [4.78, 5) is 15.8.